The van der Waals surface area contributed by atoms with Crippen LogP contribution in [0.3, 0.4) is 0 Å². The number of allylic oxidation sites excluding steroid dienone is 1. The summed E-state index contributed by atoms with van der Waals surface area (Å²) in [7, 11) is 0. The van der Waals surface area contributed by atoms with Crippen molar-refractivity contribution in [2.75, 3.05) is 13.1 Å². The molecule has 3 heteroatoms. The van der Waals surface area contributed by atoms with Crippen molar-refractivity contribution in [3.8, 4) is 0 Å². The smallest absolute Gasteiger partial charge is 0.0974 e. The highest BCUT2D eigenvalue weighted by Crippen LogP contribution is 2.69. The number of benzene rings is 2. The molecule has 6 aliphatic rings. The molecule has 8 rings (SSSR count). The molecule has 2 bridgehead atoms. The lowest BCUT2D eigenvalue weighted by Crippen LogP contribution is -2.65. The summed E-state index contributed by atoms with van der Waals surface area (Å²) in [5, 5.41) is 13.1. The van der Waals surface area contributed by atoms with Crippen LogP contribution in [0.25, 0.3) is 10.8 Å². The molecule has 0 radical (unpaired) electrons. The second-order valence-electron chi connectivity index (χ2n) is 13.6. The van der Waals surface area contributed by atoms with Crippen molar-refractivity contribution in [2.24, 2.45) is 11.3 Å². The Kier molecular flexibility index (Phi) is 4.37. The predicted octanol–water partition coefficient (Wildman–Crippen LogP) is 6.52. The highest BCUT2D eigenvalue weighted by molar-refractivity contribution is 5.83. The van der Waals surface area contributed by atoms with Crippen LogP contribution in [-0.4, -0.2) is 45.9 Å². The summed E-state index contributed by atoms with van der Waals surface area (Å²) >= 11 is 0. The zero-order valence-corrected chi connectivity index (χ0v) is 21.8. The molecule has 2 unspecified atom stereocenters. The summed E-state index contributed by atoms with van der Waals surface area (Å²) in [6.07, 6.45) is 14.7. The lowest BCUT2D eigenvalue weighted by Gasteiger charge is -2.56. The third kappa shape index (κ3) is 2.86. The molecule has 0 amide bonds. The molecule has 0 aromatic heterocycles. The number of nitrogens with zero attached hydrogens (tertiary/aromatic N) is 1. The van der Waals surface area contributed by atoms with E-state index in [1.807, 2.05) is 6.92 Å². The first kappa shape index (κ1) is 22.1. The first-order valence-corrected chi connectivity index (χ1v) is 14.4. The van der Waals surface area contributed by atoms with Crippen molar-refractivity contribution in [1.82, 2.24) is 4.90 Å². The lowest BCUT2D eigenvalue weighted by atomic mass is 9.58. The number of ether oxygens (including phenoxy) is 1. The SMILES string of the molecule is CC1(O)CN([C@@H]2CCC3=CC4=CC[C@]5(C)C(c6ccc7ccccc7c6)CC[C@H]5C45CC[C@]3(C2)O5)C1. The molecular weight excluding hydrogens is 442 g/mol. The standard InChI is InChI=1S/C33H39NO2/c1-30(35)20-34(21-30)27-10-9-25-18-26-13-14-31(2)28(24-8-7-22-5-3-4-6-23(22)17-24)11-12-29(31)33(26)16-15-32(25,19-27)36-33/h3-8,13,17-18,27-29,35H,9-12,14-16,19-21H2,1-2H3/t27-,28?,29-,31-,32-,33?/m1/s1. The fourth-order valence-electron chi connectivity index (χ4n) is 9.75. The van der Waals surface area contributed by atoms with E-state index in [9.17, 15) is 5.11 Å². The molecular formula is C33H39NO2. The second kappa shape index (κ2) is 7.12. The van der Waals surface area contributed by atoms with Gasteiger partial charge in [0.15, 0.2) is 0 Å². The van der Waals surface area contributed by atoms with Gasteiger partial charge in [0.1, 0.15) is 0 Å². The molecule has 1 N–H and O–H groups in total. The van der Waals surface area contributed by atoms with E-state index in [0.29, 0.717) is 17.9 Å². The maximum Gasteiger partial charge on any atom is 0.0974 e. The van der Waals surface area contributed by atoms with Crippen LogP contribution < -0.4 is 0 Å². The minimum atomic E-state index is -0.499. The summed E-state index contributed by atoms with van der Waals surface area (Å²) in [5.41, 5.74) is 4.18. The largest absolute Gasteiger partial charge is 0.388 e. The van der Waals surface area contributed by atoms with E-state index in [1.165, 1.54) is 54.0 Å². The van der Waals surface area contributed by atoms with Gasteiger partial charge in [0.05, 0.1) is 16.8 Å². The first-order chi connectivity index (χ1) is 17.3. The average molecular weight is 482 g/mol. The van der Waals surface area contributed by atoms with Gasteiger partial charge in [-0.05, 0) is 103 Å². The van der Waals surface area contributed by atoms with Gasteiger partial charge in [-0.3, -0.25) is 4.90 Å². The number of likely N-dealkylation sites (tertiary alicyclic amines) is 1. The number of hydrogen-bond donors (Lipinski definition) is 1. The summed E-state index contributed by atoms with van der Waals surface area (Å²) in [5.74, 6) is 1.18. The Morgan fingerprint density at radius 1 is 0.972 bits per heavy atom. The van der Waals surface area contributed by atoms with Gasteiger partial charge in [0.25, 0.3) is 0 Å². The van der Waals surface area contributed by atoms with Crippen molar-refractivity contribution in [2.45, 2.75) is 94.0 Å². The molecule has 3 aliphatic heterocycles. The third-order valence-corrected chi connectivity index (χ3v) is 11.4. The molecule has 2 aromatic rings. The Labute approximate surface area is 215 Å². The van der Waals surface area contributed by atoms with Crippen molar-refractivity contribution >= 4 is 10.8 Å². The Morgan fingerprint density at radius 2 is 1.81 bits per heavy atom. The number of fused-ring (bicyclic) bond motifs is 2. The number of aliphatic hydroxyl groups is 1. The van der Waals surface area contributed by atoms with Crippen LogP contribution in [0.15, 0.2) is 65.8 Å². The second-order valence-corrected chi connectivity index (χ2v) is 13.6. The van der Waals surface area contributed by atoms with Crippen LogP contribution in [0.1, 0.15) is 76.7 Å². The van der Waals surface area contributed by atoms with E-state index in [0.717, 1.165) is 32.4 Å². The molecule has 2 spiro atoms. The lowest BCUT2D eigenvalue weighted by molar-refractivity contribution is -0.157. The van der Waals surface area contributed by atoms with Crippen molar-refractivity contribution in [3.05, 3.63) is 71.3 Å². The monoisotopic (exact) mass is 481 g/mol. The molecule has 2 aromatic carbocycles. The van der Waals surface area contributed by atoms with E-state index >= 15 is 0 Å². The molecule has 3 aliphatic carbocycles. The quantitative estimate of drug-likeness (QED) is 0.530. The maximum atomic E-state index is 10.3. The Morgan fingerprint density at radius 3 is 2.64 bits per heavy atom. The fraction of sp³-hybridized carbons (Fsp3) is 0.576. The highest BCUT2D eigenvalue weighted by Gasteiger charge is 2.66. The van der Waals surface area contributed by atoms with Crippen LogP contribution in [0, 0.1) is 11.3 Å². The van der Waals surface area contributed by atoms with Crippen molar-refractivity contribution in [1.29, 1.82) is 0 Å². The van der Waals surface area contributed by atoms with E-state index < -0.39 is 5.60 Å². The van der Waals surface area contributed by atoms with Gasteiger partial charge in [-0.1, -0.05) is 61.5 Å². The van der Waals surface area contributed by atoms with Gasteiger partial charge in [-0.2, -0.15) is 0 Å². The predicted molar refractivity (Wildman–Crippen MR) is 144 cm³/mol. The highest BCUT2D eigenvalue weighted by atomic mass is 16.5. The van der Waals surface area contributed by atoms with Gasteiger partial charge < -0.3 is 9.84 Å². The number of β-amino-alcohol motifs (C(OH)–C–C–N with tert-alkyl or cyclic N) is 1. The maximum absolute atomic E-state index is 10.3. The van der Waals surface area contributed by atoms with Crippen LogP contribution in [0.4, 0.5) is 0 Å². The van der Waals surface area contributed by atoms with Crippen molar-refractivity contribution in [3.63, 3.8) is 0 Å². The number of rotatable bonds is 2. The van der Waals surface area contributed by atoms with E-state index in [4.69, 9.17) is 4.74 Å². The van der Waals surface area contributed by atoms with Crippen LogP contribution in [0.5, 0.6) is 0 Å². The zero-order valence-electron chi connectivity index (χ0n) is 21.8. The summed E-state index contributed by atoms with van der Waals surface area (Å²) in [6.45, 7) is 6.18. The van der Waals surface area contributed by atoms with E-state index in [1.54, 1.807) is 5.57 Å². The summed E-state index contributed by atoms with van der Waals surface area (Å²) < 4.78 is 7.49. The Hall–Kier alpha value is -1.94. The van der Waals surface area contributed by atoms with Gasteiger partial charge in [0, 0.05) is 19.1 Å². The molecule has 2 saturated carbocycles. The Balaban J connectivity index is 1.13. The minimum Gasteiger partial charge on any atom is -0.388 e. The van der Waals surface area contributed by atoms with Crippen LogP contribution in [-0.2, 0) is 4.74 Å². The fourth-order valence-corrected chi connectivity index (χ4v) is 9.75. The summed E-state index contributed by atoms with van der Waals surface area (Å²) in [4.78, 5) is 2.52. The molecule has 4 fully saturated rings. The first-order valence-electron chi connectivity index (χ1n) is 14.4. The topological polar surface area (TPSA) is 32.7 Å². The molecule has 3 heterocycles. The van der Waals surface area contributed by atoms with Gasteiger partial charge in [-0.25, -0.2) is 0 Å². The molecule has 3 nitrogen and oxygen atoms in total. The molecule has 2 saturated heterocycles. The third-order valence-electron chi connectivity index (χ3n) is 11.4. The molecule has 188 valence electrons. The zero-order chi connectivity index (χ0) is 24.3. The average Bonchev–Trinajstić information content (AvgIpc) is 3.37. The van der Waals surface area contributed by atoms with Gasteiger partial charge in [-0.15, -0.1) is 0 Å². The van der Waals surface area contributed by atoms with Crippen LogP contribution >= 0.6 is 0 Å². The van der Waals surface area contributed by atoms with E-state index in [2.05, 4.69) is 66.4 Å². The van der Waals surface area contributed by atoms with E-state index in [-0.39, 0.29) is 16.6 Å². The molecule has 6 atom stereocenters. The minimum absolute atomic E-state index is 0.0685. The van der Waals surface area contributed by atoms with Gasteiger partial charge in [0.2, 0.25) is 0 Å². The van der Waals surface area contributed by atoms with Gasteiger partial charge >= 0.3 is 0 Å². The summed E-state index contributed by atoms with van der Waals surface area (Å²) in [6, 6.07) is 16.5. The Bertz CT molecular complexity index is 1320. The van der Waals surface area contributed by atoms with Crippen LogP contribution in [0.2, 0.25) is 0 Å². The molecule has 36 heavy (non-hydrogen) atoms. The normalized spacial score (nSPS) is 42.7. The number of hydrogen-bond acceptors (Lipinski definition) is 3. The van der Waals surface area contributed by atoms with Crippen molar-refractivity contribution < 1.29 is 9.84 Å².